The van der Waals surface area contributed by atoms with Gasteiger partial charge in [-0.3, -0.25) is 4.79 Å². The molecular weight excluding hydrogens is 364 g/mol. The van der Waals surface area contributed by atoms with Crippen molar-refractivity contribution in [3.8, 4) is 0 Å². The van der Waals surface area contributed by atoms with E-state index in [9.17, 15) is 9.90 Å². The number of aliphatic hydroxyl groups excluding tert-OH is 1. The number of allylic oxidation sites excluding steroid dienone is 3. The first-order chi connectivity index (χ1) is 11.5. The van der Waals surface area contributed by atoms with Crippen molar-refractivity contribution in [2.24, 2.45) is 11.3 Å². The third-order valence-electron chi connectivity index (χ3n) is 5.62. The molecule has 1 saturated carbocycles. The van der Waals surface area contributed by atoms with Crippen LogP contribution in [-0.4, -0.2) is 17.0 Å². The highest BCUT2D eigenvalue weighted by molar-refractivity contribution is 9.10. The first kappa shape index (κ1) is 17.4. The molecule has 3 heteroatoms. The number of hydrogen-bond acceptors (Lipinski definition) is 2. The van der Waals surface area contributed by atoms with Gasteiger partial charge in [-0.25, -0.2) is 0 Å². The molecule has 0 unspecified atom stereocenters. The van der Waals surface area contributed by atoms with Gasteiger partial charge in [-0.1, -0.05) is 46.6 Å². The highest BCUT2D eigenvalue weighted by Gasteiger charge is 2.50. The number of ketones is 1. The molecule has 0 spiro atoms. The van der Waals surface area contributed by atoms with Crippen molar-refractivity contribution in [2.75, 3.05) is 0 Å². The van der Waals surface area contributed by atoms with Crippen molar-refractivity contribution in [1.82, 2.24) is 0 Å². The van der Waals surface area contributed by atoms with Crippen LogP contribution in [0.3, 0.4) is 0 Å². The predicted octanol–water partition coefficient (Wildman–Crippen LogP) is 5.09. The molecule has 2 aliphatic rings. The van der Waals surface area contributed by atoms with E-state index < -0.39 is 6.10 Å². The fraction of sp³-hybridized carbons (Fsp3) is 0.381. The number of benzene rings is 1. The summed E-state index contributed by atoms with van der Waals surface area (Å²) in [5.41, 5.74) is 2.51. The van der Waals surface area contributed by atoms with Gasteiger partial charge in [0.05, 0.1) is 6.10 Å². The number of fused-ring (bicyclic) bond motifs is 1. The molecule has 24 heavy (non-hydrogen) atoms. The highest BCUT2D eigenvalue weighted by atomic mass is 79.9. The lowest BCUT2D eigenvalue weighted by molar-refractivity contribution is -0.113. The molecule has 0 aliphatic heterocycles. The number of carbonyl (C=O) groups is 1. The van der Waals surface area contributed by atoms with Crippen LogP contribution in [0.5, 0.6) is 0 Å². The molecule has 1 aromatic rings. The maximum atomic E-state index is 12.7. The Morgan fingerprint density at radius 3 is 2.75 bits per heavy atom. The summed E-state index contributed by atoms with van der Waals surface area (Å²) in [6.07, 6.45) is 8.53. The minimum absolute atomic E-state index is 0.0260. The summed E-state index contributed by atoms with van der Waals surface area (Å²) in [5.74, 6) is 0.0520. The van der Waals surface area contributed by atoms with Gasteiger partial charge in [0.25, 0.3) is 0 Å². The van der Waals surface area contributed by atoms with Crippen molar-refractivity contribution < 1.29 is 9.90 Å². The molecular formula is C21H23BrO2. The second-order valence-electron chi connectivity index (χ2n) is 6.85. The van der Waals surface area contributed by atoms with Crippen LogP contribution in [-0.2, 0) is 4.79 Å². The largest absolute Gasteiger partial charge is 0.392 e. The summed E-state index contributed by atoms with van der Waals surface area (Å²) < 4.78 is 1.01. The molecule has 1 N–H and O–H groups in total. The zero-order valence-corrected chi connectivity index (χ0v) is 15.6. The maximum Gasteiger partial charge on any atom is 0.182 e. The molecule has 0 amide bonds. The number of halogens is 1. The molecule has 2 nitrogen and oxygen atoms in total. The lowest BCUT2D eigenvalue weighted by Crippen LogP contribution is -2.48. The Bertz CT molecular complexity index is 714. The average Bonchev–Trinajstić information content (AvgIpc) is 2.56. The standard InChI is InChI=1S/C21H23BrO2/c1-3-11-21-14(2)18(12-15-7-9-17(22)10-8-15)19(23)13-16(21)5-4-6-20(21)24/h3,7-10,12-14,20,24H,1,4-6,11H2,2H3/t14-,20-,21-/m0/s1. The summed E-state index contributed by atoms with van der Waals surface area (Å²) in [5, 5.41) is 10.8. The van der Waals surface area contributed by atoms with Crippen molar-refractivity contribution in [3.05, 3.63) is 64.2 Å². The van der Waals surface area contributed by atoms with Gasteiger partial charge in [0.2, 0.25) is 0 Å². The van der Waals surface area contributed by atoms with Crippen LogP contribution in [0.4, 0.5) is 0 Å². The van der Waals surface area contributed by atoms with Crippen molar-refractivity contribution in [1.29, 1.82) is 0 Å². The van der Waals surface area contributed by atoms with E-state index in [1.165, 1.54) is 0 Å². The second-order valence-corrected chi connectivity index (χ2v) is 7.76. The van der Waals surface area contributed by atoms with E-state index in [4.69, 9.17) is 0 Å². The van der Waals surface area contributed by atoms with E-state index in [0.29, 0.717) is 6.42 Å². The van der Waals surface area contributed by atoms with Gasteiger partial charge in [-0.2, -0.15) is 0 Å². The van der Waals surface area contributed by atoms with E-state index in [1.54, 1.807) is 6.08 Å². The molecule has 126 valence electrons. The minimum atomic E-state index is -0.424. The molecule has 1 aromatic carbocycles. The fourth-order valence-corrected chi connectivity index (χ4v) is 4.58. The van der Waals surface area contributed by atoms with Crippen molar-refractivity contribution >= 4 is 27.8 Å². The third-order valence-corrected chi connectivity index (χ3v) is 6.15. The van der Waals surface area contributed by atoms with Crippen LogP contribution in [0.2, 0.25) is 0 Å². The number of rotatable bonds is 3. The van der Waals surface area contributed by atoms with Crippen molar-refractivity contribution in [3.63, 3.8) is 0 Å². The topological polar surface area (TPSA) is 37.3 Å². The van der Waals surface area contributed by atoms with Gasteiger partial charge < -0.3 is 5.11 Å². The van der Waals surface area contributed by atoms with Gasteiger partial charge in [-0.05, 0) is 61.4 Å². The van der Waals surface area contributed by atoms with Crippen molar-refractivity contribution in [2.45, 2.75) is 38.7 Å². The van der Waals surface area contributed by atoms with E-state index >= 15 is 0 Å². The molecule has 0 aromatic heterocycles. The normalized spacial score (nSPS) is 31.5. The summed E-state index contributed by atoms with van der Waals surface area (Å²) in [7, 11) is 0. The Morgan fingerprint density at radius 2 is 2.08 bits per heavy atom. The Kier molecular flexibility index (Phi) is 4.93. The van der Waals surface area contributed by atoms with Crippen LogP contribution >= 0.6 is 15.9 Å². The van der Waals surface area contributed by atoms with E-state index in [0.717, 1.165) is 40.4 Å². The van der Waals surface area contributed by atoms with Gasteiger partial charge in [0.1, 0.15) is 0 Å². The van der Waals surface area contributed by atoms with Gasteiger partial charge >= 0.3 is 0 Å². The molecule has 1 fully saturated rings. The van der Waals surface area contributed by atoms with Crippen LogP contribution in [0.1, 0.15) is 38.2 Å². The smallest absolute Gasteiger partial charge is 0.182 e. The molecule has 0 bridgehead atoms. The minimum Gasteiger partial charge on any atom is -0.392 e. The van der Waals surface area contributed by atoms with Gasteiger partial charge in [0, 0.05) is 15.5 Å². The zero-order valence-electron chi connectivity index (χ0n) is 14.0. The van der Waals surface area contributed by atoms with Crippen LogP contribution in [0, 0.1) is 11.3 Å². The number of hydrogen-bond donors (Lipinski definition) is 1. The van der Waals surface area contributed by atoms with Crippen LogP contribution < -0.4 is 0 Å². The summed E-state index contributed by atoms with van der Waals surface area (Å²) in [4.78, 5) is 12.7. The summed E-state index contributed by atoms with van der Waals surface area (Å²) in [6.45, 7) is 5.98. The maximum absolute atomic E-state index is 12.7. The molecule has 3 rings (SSSR count). The van der Waals surface area contributed by atoms with E-state index in [-0.39, 0.29) is 17.1 Å². The Labute approximate surface area is 152 Å². The van der Waals surface area contributed by atoms with E-state index in [1.807, 2.05) is 36.4 Å². The Morgan fingerprint density at radius 1 is 1.38 bits per heavy atom. The Balaban J connectivity index is 2.09. The monoisotopic (exact) mass is 386 g/mol. The van der Waals surface area contributed by atoms with Crippen LogP contribution in [0.15, 0.2) is 58.6 Å². The zero-order chi connectivity index (χ0) is 17.3. The highest BCUT2D eigenvalue weighted by Crippen LogP contribution is 2.54. The van der Waals surface area contributed by atoms with Gasteiger partial charge in [0.15, 0.2) is 5.78 Å². The summed E-state index contributed by atoms with van der Waals surface area (Å²) in [6, 6.07) is 7.93. The van der Waals surface area contributed by atoms with Gasteiger partial charge in [-0.15, -0.1) is 6.58 Å². The first-order valence-electron chi connectivity index (χ1n) is 8.50. The van der Waals surface area contributed by atoms with E-state index in [2.05, 4.69) is 29.4 Å². The lowest BCUT2D eigenvalue weighted by atomic mass is 9.55. The fourth-order valence-electron chi connectivity index (χ4n) is 4.31. The third kappa shape index (κ3) is 2.84. The molecule has 0 saturated heterocycles. The molecule has 2 aliphatic carbocycles. The predicted molar refractivity (Wildman–Crippen MR) is 101 cm³/mol. The Hall–Kier alpha value is -1.45. The number of aliphatic hydroxyl groups is 1. The second kappa shape index (κ2) is 6.81. The lowest BCUT2D eigenvalue weighted by Gasteiger charge is -2.50. The molecule has 0 heterocycles. The average molecular weight is 387 g/mol. The number of carbonyl (C=O) groups excluding carboxylic acids is 1. The SMILES string of the molecule is C=CC[C@@]12C(=CC(=O)C(=Cc3ccc(Br)cc3)[C@@H]1C)CCC[C@@H]2O. The van der Waals surface area contributed by atoms with Crippen LogP contribution in [0.25, 0.3) is 6.08 Å². The molecule has 3 atom stereocenters. The molecule has 0 radical (unpaired) electrons. The first-order valence-corrected chi connectivity index (χ1v) is 9.30. The summed E-state index contributed by atoms with van der Waals surface area (Å²) >= 11 is 3.44. The quantitative estimate of drug-likeness (QED) is 0.580.